The summed E-state index contributed by atoms with van der Waals surface area (Å²) in [5.74, 6) is 1.02. The van der Waals surface area contributed by atoms with E-state index in [2.05, 4.69) is 20.1 Å². The maximum absolute atomic E-state index is 10.2. The van der Waals surface area contributed by atoms with Crippen LogP contribution in [0, 0.1) is 5.92 Å². The molecule has 0 unspecified atom stereocenters. The Bertz CT molecular complexity index is 302. The Hall–Kier alpha value is -1.37. The van der Waals surface area contributed by atoms with Crippen LogP contribution in [0.3, 0.4) is 0 Å². The number of hydrogen-bond acceptors (Lipinski definition) is 1. The van der Waals surface area contributed by atoms with Gasteiger partial charge in [0.05, 0.1) is 0 Å². The van der Waals surface area contributed by atoms with Crippen molar-refractivity contribution in [2.45, 2.75) is 51.9 Å². The lowest BCUT2D eigenvalue weighted by Gasteiger charge is -2.13. The number of carbonyl (C=O) groups is 1. The maximum Gasteiger partial charge on any atom is 0.150 e. The van der Waals surface area contributed by atoms with E-state index in [4.69, 9.17) is 0 Å². The van der Waals surface area contributed by atoms with Crippen LogP contribution >= 0.6 is 0 Å². The van der Waals surface area contributed by atoms with Crippen molar-refractivity contribution in [1.82, 2.24) is 0 Å². The average molecular weight is 260 g/mol. The van der Waals surface area contributed by atoms with Crippen molar-refractivity contribution in [1.29, 1.82) is 0 Å². The first-order valence-electron chi connectivity index (χ1n) is 7.31. The number of aldehydes is 1. The highest BCUT2D eigenvalue weighted by molar-refractivity contribution is 5.78. The molecule has 0 spiro atoms. The zero-order chi connectivity index (χ0) is 14.3. The van der Waals surface area contributed by atoms with E-state index in [9.17, 15) is 4.79 Å². The summed E-state index contributed by atoms with van der Waals surface area (Å²) in [5.41, 5.74) is 0.593. The monoisotopic (exact) mass is 260 g/mol. The summed E-state index contributed by atoms with van der Waals surface area (Å²) in [6.07, 6.45) is 19.4. The number of allylic oxidation sites excluding steroid dienone is 6. The summed E-state index contributed by atoms with van der Waals surface area (Å²) in [5, 5.41) is 0. The molecule has 106 valence electrons. The van der Waals surface area contributed by atoms with Crippen molar-refractivity contribution >= 4 is 6.29 Å². The van der Waals surface area contributed by atoms with Crippen molar-refractivity contribution < 1.29 is 4.79 Å². The molecule has 0 bridgehead atoms. The molecule has 0 aromatic heterocycles. The third kappa shape index (κ3) is 11.5. The van der Waals surface area contributed by atoms with Crippen LogP contribution in [0.4, 0.5) is 0 Å². The first kappa shape index (κ1) is 17.6. The van der Waals surface area contributed by atoms with E-state index in [1.807, 2.05) is 0 Å². The molecule has 0 aliphatic heterocycles. The molecule has 0 aromatic rings. The van der Waals surface area contributed by atoms with Gasteiger partial charge in [-0.25, -0.2) is 0 Å². The Morgan fingerprint density at radius 3 is 2.05 bits per heavy atom. The van der Waals surface area contributed by atoms with Gasteiger partial charge in [0.25, 0.3) is 0 Å². The summed E-state index contributed by atoms with van der Waals surface area (Å²) in [6, 6.07) is 0. The van der Waals surface area contributed by atoms with Gasteiger partial charge in [-0.15, -0.1) is 0 Å². The fraction of sp³-hybridized carbons (Fsp3) is 0.500. The molecule has 19 heavy (non-hydrogen) atoms. The zero-order valence-corrected chi connectivity index (χ0v) is 12.3. The summed E-state index contributed by atoms with van der Waals surface area (Å²) < 4.78 is 0. The van der Waals surface area contributed by atoms with Gasteiger partial charge in [-0.1, -0.05) is 95.4 Å². The standard InChI is InChI=1S/C9H10O.C9H18/c1-3-5-7-9(8-10)6-4-2;1-9-7-5-3-2-4-6-8-9/h3-8H,1-2H2;9H,2-8H2,1H3/b7-5-,9-6+;. The average Bonchev–Trinajstić information content (AvgIpc) is 2.39. The molecule has 0 saturated heterocycles. The van der Waals surface area contributed by atoms with E-state index in [0.717, 1.165) is 12.2 Å². The van der Waals surface area contributed by atoms with Gasteiger partial charge in [0, 0.05) is 5.57 Å². The van der Waals surface area contributed by atoms with E-state index in [-0.39, 0.29) is 0 Å². The van der Waals surface area contributed by atoms with Gasteiger partial charge in [-0.2, -0.15) is 0 Å². The van der Waals surface area contributed by atoms with Crippen LogP contribution in [0.25, 0.3) is 0 Å². The smallest absolute Gasteiger partial charge is 0.150 e. The highest BCUT2D eigenvalue weighted by Gasteiger charge is 2.04. The third-order valence-corrected chi connectivity index (χ3v) is 3.26. The van der Waals surface area contributed by atoms with Crippen molar-refractivity contribution in [2.24, 2.45) is 5.92 Å². The summed E-state index contributed by atoms with van der Waals surface area (Å²) in [4.78, 5) is 10.2. The topological polar surface area (TPSA) is 17.1 Å². The molecule has 1 fully saturated rings. The fourth-order valence-electron chi connectivity index (χ4n) is 2.11. The summed E-state index contributed by atoms with van der Waals surface area (Å²) >= 11 is 0. The lowest BCUT2D eigenvalue weighted by atomic mass is 9.93. The third-order valence-electron chi connectivity index (χ3n) is 3.26. The molecule has 1 saturated carbocycles. The fourth-order valence-corrected chi connectivity index (χ4v) is 2.11. The molecule has 1 nitrogen and oxygen atoms in total. The van der Waals surface area contributed by atoms with Crippen molar-refractivity contribution in [3.05, 3.63) is 49.1 Å². The van der Waals surface area contributed by atoms with Crippen LogP contribution in [0.2, 0.25) is 0 Å². The second kappa shape index (κ2) is 13.1. The second-order valence-electron chi connectivity index (χ2n) is 5.07. The number of hydrogen-bond donors (Lipinski definition) is 0. The van der Waals surface area contributed by atoms with Gasteiger partial charge in [0.1, 0.15) is 6.29 Å². The Morgan fingerprint density at radius 2 is 1.58 bits per heavy atom. The lowest BCUT2D eigenvalue weighted by molar-refractivity contribution is -0.104. The van der Waals surface area contributed by atoms with Gasteiger partial charge in [-0.3, -0.25) is 4.79 Å². The van der Waals surface area contributed by atoms with E-state index in [1.54, 1.807) is 30.4 Å². The summed E-state index contributed by atoms with van der Waals surface area (Å²) in [7, 11) is 0. The minimum atomic E-state index is 0.593. The Labute approximate surface area is 118 Å². The molecule has 1 aliphatic carbocycles. The molecular formula is C18H28O. The zero-order valence-electron chi connectivity index (χ0n) is 12.3. The normalized spacial score (nSPS) is 17.8. The van der Waals surface area contributed by atoms with Gasteiger partial charge in [-0.05, 0) is 5.92 Å². The van der Waals surface area contributed by atoms with Crippen LogP contribution in [0.1, 0.15) is 51.9 Å². The maximum atomic E-state index is 10.2. The van der Waals surface area contributed by atoms with Crippen LogP contribution < -0.4 is 0 Å². The van der Waals surface area contributed by atoms with E-state index in [1.165, 1.54) is 44.9 Å². The summed E-state index contributed by atoms with van der Waals surface area (Å²) in [6.45, 7) is 9.33. The highest BCUT2D eigenvalue weighted by atomic mass is 16.1. The molecule has 1 heteroatoms. The second-order valence-corrected chi connectivity index (χ2v) is 5.07. The Balaban J connectivity index is 0.000000342. The minimum absolute atomic E-state index is 0.593. The molecule has 0 aromatic carbocycles. The number of rotatable bonds is 4. The van der Waals surface area contributed by atoms with Gasteiger partial charge >= 0.3 is 0 Å². The van der Waals surface area contributed by atoms with Gasteiger partial charge < -0.3 is 0 Å². The molecule has 0 heterocycles. The SMILES string of the molecule is C=C/C=C\C(C=O)=C/C=C.CC1CCCCCCC1. The van der Waals surface area contributed by atoms with Crippen LogP contribution in [0.5, 0.6) is 0 Å². The van der Waals surface area contributed by atoms with Crippen LogP contribution in [-0.4, -0.2) is 6.29 Å². The molecular weight excluding hydrogens is 232 g/mol. The van der Waals surface area contributed by atoms with Crippen LogP contribution in [-0.2, 0) is 4.79 Å². The highest BCUT2D eigenvalue weighted by Crippen LogP contribution is 2.20. The molecule has 1 rings (SSSR count). The Morgan fingerprint density at radius 1 is 1.00 bits per heavy atom. The molecule has 0 radical (unpaired) electrons. The van der Waals surface area contributed by atoms with Crippen molar-refractivity contribution in [3.8, 4) is 0 Å². The first-order chi connectivity index (χ1) is 9.24. The van der Waals surface area contributed by atoms with Crippen molar-refractivity contribution in [3.63, 3.8) is 0 Å². The molecule has 0 amide bonds. The van der Waals surface area contributed by atoms with E-state index >= 15 is 0 Å². The predicted molar refractivity (Wildman–Crippen MR) is 85.2 cm³/mol. The molecule has 1 aliphatic rings. The van der Waals surface area contributed by atoms with Gasteiger partial charge in [0.2, 0.25) is 0 Å². The number of carbonyl (C=O) groups excluding carboxylic acids is 1. The predicted octanol–water partition coefficient (Wildman–Crippen LogP) is 5.41. The largest absolute Gasteiger partial charge is 0.298 e. The quantitative estimate of drug-likeness (QED) is 0.375. The first-order valence-corrected chi connectivity index (χ1v) is 7.31. The molecule has 0 N–H and O–H groups in total. The van der Waals surface area contributed by atoms with Gasteiger partial charge in [0.15, 0.2) is 0 Å². The Kier molecular flexibility index (Phi) is 12.1. The van der Waals surface area contributed by atoms with E-state index in [0.29, 0.717) is 5.57 Å². The van der Waals surface area contributed by atoms with E-state index < -0.39 is 0 Å². The lowest BCUT2D eigenvalue weighted by Crippen LogP contribution is -1.97. The minimum Gasteiger partial charge on any atom is -0.298 e. The van der Waals surface area contributed by atoms with Crippen molar-refractivity contribution in [2.75, 3.05) is 0 Å². The van der Waals surface area contributed by atoms with Crippen LogP contribution in [0.15, 0.2) is 49.1 Å². The molecule has 0 atom stereocenters.